The number of carbonyl (C=O) groups is 1. The number of nitrogens with zero attached hydrogens (tertiary/aromatic N) is 2. The normalized spacial score (nSPS) is 15.9. The summed E-state index contributed by atoms with van der Waals surface area (Å²) in [6.45, 7) is 6.61. The molecule has 1 aromatic rings. The molecular weight excluding hydrogens is 204 g/mol. The monoisotopic (exact) mass is 218 g/mol. The first kappa shape index (κ1) is 10.8. The quantitative estimate of drug-likeness (QED) is 0.566. The van der Waals surface area contributed by atoms with E-state index in [9.17, 15) is 4.79 Å². The van der Waals surface area contributed by atoms with Gasteiger partial charge in [-0.25, -0.2) is 4.98 Å². The molecule has 0 aliphatic carbocycles. The van der Waals surface area contributed by atoms with Gasteiger partial charge in [0.15, 0.2) is 5.78 Å². The molecular formula is C12H14N2O2. The molecule has 0 aromatic carbocycles. The van der Waals surface area contributed by atoms with Gasteiger partial charge in [0.25, 0.3) is 0 Å². The number of hydrogen-bond acceptors (Lipinski definition) is 4. The third-order valence-electron chi connectivity index (χ3n) is 2.55. The highest BCUT2D eigenvalue weighted by Gasteiger charge is 2.12. The van der Waals surface area contributed by atoms with Crippen LogP contribution in [0.3, 0.4) is 0 Å². The lowest BCUT2D eigenvalue weighted by Crippen LogP contribution is -2.36. The number of hydrogen-bond donors (Lipinski definition) is 0. The first-order chi connectivity index (χ1) is 7.81. The van der Waals surface area contributed by atoms with Crippen molar-refractivity contribution < 1.29 is 9.53 Å². The Labute approximate surface area is 94.5 Å². The Kier molecular flexibility index (Phi) is 3.31. The van der Waals surface area contributed by atoms with Crippen LogP contribution in [0.15, 0.2) is 31.0 Å². The number of morpholine rings is 1. The molecule has 4 heteroatoms. The highest BCUT2D eigenvalue weighted by atomic mass is 16.5. The fourth-order valence-electron chi connectivity index (χ4n) is 1.63. The maximum atomic E-state index is 11.3. The zero-order chi connectivity index (χ0) is 11.4. The van der Waals surface area contributed by atoms with E-state index in [0.29, 0.717) is 5.56 Å². The summed E-state index contributed by atoms with van der Waals surface area (Å²) in [6, 6.07) is 3.64. The van der Waals surface area contributed by atoms with Crippen molar-refractivity contribution in [3.05, 3.63) is 36.5 Å². The number of ketones is 1. The summed E-state index contributed by atoms with van der Waals surface area (Å²) in [6.07, 6.45) is 2.89. The SMILES string of the molecule is C=CC(=O)c1ccc(N2CCOCC2)nc1. The summed E-state index contributed by atoms with van der Waals surface area (Å²) < 4.78 is 5.26. The molecule has 1 aliphatic rings. The Hall–Kier alpha value is -1.68. The van der Waals surface area contributed by atoms with Gasteiger partial charge in [-0.3, -0.25) is 4.79 Å². The van der Waals surface area contributed by atoms with E-state index in [-0.39, 0.29) is 5.78 Å². The molecule has 0 spiro atoms. The van der Waals surface area contributed by atoms with Gasteiger partial charge in [0.2, 0.25) is 0 Å². The highest BCUT2D eigenvalue weighted by Crippen LogP contribution is 2.13. The predicted molar refractivity (Wildman–Crippen MR) is 61.8 cm³/mol. The molecule has 2 rings (SSSR count). The van der Waals surface area contributed by atoms with Crippen molar-refractivity contribution >= 4 is 11.6 Å². The largest absolute Gasteiger partial charge is 0.378 e. The molecule has 0 bridgehead atoms. The number of ether oxygens (including phenoxy) is 1. The van der Waals surface area contributed by atoms with Crippen LogP contribution in [-0.4, -0.2) is 37.1 Å². The van der Waals surface area contributed by atoms with E-state index in [2.05, 4.69) is 16.5 Å². The van der Waals surface area contributed by atoms with E-state index >= 15 is 0 Å². The molecule has 4 nitrogen and oxygen atoms in total. The molecule has 0 N–H and O–H groups in total. The average molecular weight is 218 g/mol. The zero-order valence-corrected chi connectivity index (χ0v) is 9.06. The van der Waals surface area contributed by atoms with E-state index in [1.165, 1.54) is 6.08 Å². The third-order valence-corrected chi connectivity index (χ3v) is 2.55. The van der Waals surface area contributed by atoms with Gasteiger partial charge in [0.1, 0.15) is 5.82 Å². The Morgan fingerprint density at radius 1 is 1.44 bits per heavy atom. The van der Waals surface area contributed by atoms with Crippen LogP contribution in [0.5, 0.6) is 0 Å². The van der Waals surface area contributed by atoms with Crippen molar-refractivity contribution in [2.24, 2.45) is 0 Å². The Morgan fingerprint density at radius 2 is 2.19 bits per heavy atom. The maximum Gasteiger partial charge on any atom is 0.186 e. The second kappa shape index (κ2) is 4.90. The fraction of sp³-hybridized carbons (Fsp3) is 0.333. The van der Waals surface area contributed by atoms with Gasteiger partial charge in [-0.2, -0.15) is 0 Å². The van der Waals surface area contributed by atoms with Crippen molar-refractivity contribution in [3.63, 3.8) is 0 Å². The summed E-state index contributed by atoms with van der Waals surface area (Å²) in [5, 5.41) is 0. The Morgan fingerprint density at radius 3 is 2.75 bits per heavy atom. The minimum Gasteiger partial charge on any atom is -0.378 e. The topological polar surface area (TPSA) is 42.4 Å². The molecule has 84 valence electrons. The van der Waals surface area contributed by atoms with Crippen LogP contribution in [0.25, 0.3) is 0 Å². The second-order valence-electron chi connectivity index (χ2n) is 3.57. The number of carbonyl (C=O) groups excluding carboxylic acids is 1. The number of aromatic nitrogens is 1. The van der Waals surface area contributed by atoms with Crippen LogP contribution in [0.4, 0.5) is 5.82 Å². The van der Waals surface area contributed by atoms with Crippen molar-refractivity contribution in [2.45, 2.75) is 0 Å². The lowest BCUT2D eigenvalue weighted by Gasteiger charge is -2.27. The van der Waals surface area contributed by atoms with E-state index in [1.807, 2.05) is 6.07 Å². The Bertz CT molecular complexity index is 381. The molecule has 1 fully saturated rings. The van der Waals surface area contributed by atoms with Crippen LogP contribution in [0.1, 0.15) is 10.4 Å². The molecule has 1 aliphatic heterocycles. The molecule has 1 saturated heterocycles. The number of anilines is 1. The van der Waals surface area contributed by atoms with Crippen molar-refractivity contribution in [1.29, 1.82) is 0 Å². The lowest BCUT2D eigenvalue weighted by molar-refractivity contribution is 0.104. The fourth-order valence-corrected chi connectivity index (χ4v) is 1.63. The van der Waals surface area contributed by atoms with Crippen molar-refractivity contribution in [1.82, 2.24) is 4.98 Å². The molecule has 0 saturated carbocycles. The molecule has 16 heavy (non-hydrogen) atoms. The standard InChI is InChI=1S/C12H14N2O2/c1-2-11(15)10-3-4-12(13-9-10)14-5-7-16-8-6-14/h2-4,9H,1,5-8H2. The van der Waals surface area contributed by atoms with E-state index in [1.54, 1.807) is 12.3 Å². The number of rotatable bonds is 3. The highest BCUT2D eigenvalue weighted by molar-refractivity contribution is 6.03. The van der Waals surface area contributed by atoms with Gasteiger partial charge in [-0.1, -0.05) is 6.58 Å². The van der Waals surface area contributed by atoms with Crippen LogP contribution < -0.4 is 4.90 Å². The lowest BCUT2D eigenvalue weighted by atomic mass is 10.2. The number of pyridine rings is 1. The summed E-state index contributed by atoms with van der Waals surface area (Å²) >= 11 is 0. The van der Waals surface area contributed by atoms with Crippen molar-refractivity contribution in [3.8, 4) is 0 Å². The van der Waals surface area contributed by atoms with E-state index in [4.69, 9.17) is 4.74 Å². The van der Waals surface area contributed by atoms with Gasteiger partial charge in [0.05, 0.1) is 13.2 Å². The predicted octanol–water partition coefficient (Wildman–Crippen LogP) is 1.29. The summed E-state index contributed by atoms with van der Waals surface area (Å²) in [4.78, 5) is 17.7. The van der Waals surface area contributed by atoms with Crippen molar-refractivity contribution in [2.75, 3.05) is 31.2 Å². The summed E-state index contributed by atoms with van der Waals surface area (Å²) in [7, 11) is 0. The first-order valence-electron chi connectivity index (χ1n) is 5.27. The molecule has 0 amide bonds. The molecule has 0 atom stereocenters. The third kappa shape index (κ3) is 2.28. The second-order valence-corrected chi connectivity index (χ2v) is 3.57. The van der Waals surface area contributed by atoms with E-state index in [0.717, 1.165) is 32.1 Å². The molecule has 1 aromatic heterocycles. The van der Waals surface area contributed by atoms with Crippen LogP contribution in [0.2, 0.25) is 0 Å². The smallest absolute Gasteiger partial charge is 0.186 e. The van der Waals surface area contributed by atoms with Gasteiger partial charge in [-0.05, 0) is 18.2 Å². The van der Waals surface area contributed by atoms with Crippen LogP contribution in [-0.2, 0) is 4.74 Å². The minimum absolute atomic E-state index is 0.0963. The van der Waals surface area contributed by atoms with E-state index < -0.39 is 0 Å². The summed E-state index contributed by atoms with van der Waals surface area (Å²) in [5.74, 6) is 0.796. The Balaban J connectivity index is 2.11. The zero-order valence-electron chi connectivity index (χ0n) is 9.06. The van der Waals surface area contributed by atoms with Gasteiger partial charge in [-0.15, -0.1) is 0 Å². The minimum atomic E-state index is -0.0963. The van der Waals surface area contributed by atoms with Gasteiger partial charge in [0, 0.05) is 24.8 Å². The molecule has 0 radical (unpaired) electrons. The first-order valence-corrected chi connectivity index (χ1v) is 5.27. The molecule has 2 heterocycles. The van der Waals surface area contributed by atoms with Crippen LogP contribution in [0, 0.1) is 0 Å². The maximum absolute atomic E-state index is 11.3. The van der Waals surface area contributed by atoms with Gasteiger partial charge >= 0.3 is 0 Å². The number of allylic oxidation sites excluding steroid dienone is 1. The van der Waals surface area contributed by atoms with Crippen LogP contribution >= 0.6 is 0 Å². The summed E-state index contributed by atoms with van der Waals surface area (Å²) in [5.41, 5.74) is 0.576. The molecule has 0 unspecified atom stereocenters. The average Bonchev–Trinajstić information content (AvgIpc) is 2.39. The van der Waals surface area contributed by atoms with Gasteiger partial charge < -0.3 is 9.64 Å².